The first kappa shape index (κ1) is 15.7. The van der Waals surface area contributed by atoms with E-state index in [9.17, 15) is 4.79 Å². The van der Waals surface area contributed by atoms with Crippen molar-refractivity contribution in [3.05, 3.63) is 28.2 Å². The molecule has 102 valence electrons. The summed E-state index contributed by atoms with van der Waals surface area (Å²) in [6.07, 6.45) is 0.227. The van der Waals surface area contributed by atoms with Crippen LogP contribution in [-0.4, -0.2) is 11.9 Å². The monoisotopic (exact) mass is 323 g/mol. The average Bonchev–Trinajstić information content (AvgIpc) is 2.30. The van der Waals surface area contributed by atoms with Crippen LogP contribution in [0.3, 0.4) is 0 Å². The summed E-state index contributed by atoms with van der Waals surface area (Å²) in [6.45, 7) is 5.97. The molecular weight excluding hydrogens is 306 g/mol. The number of hydrogen-bond acceptors (Lipinski definition) is 3. The molecule has 0 spiro atoms. The van der Waals surface area contributed by atoms with Gasteiger partial charge in [-0.1, -0.05) is 36.7 Å². The summed E-state index contributed by atoms with van der Waals surface area (Å²) < 4.78 is 0.799. The maximum Gasteiger partial charge on any atom is 0.225 e. The van der Waals surface area contributed by atoms with Gasteiger partial charge < -0.3 is 11.1 Å². The molecule has 1 amide bonds. The molecule has 1 rings (SSSR count). The van der Waals surface area contributed by atoms with Crippen LogP contribution in [0.5, 0.6) is 0 Å². The number of anilines is 1. The fourth-order valence-corrected chi connectivity index (χ4v) is 1.79. The van der Waals surface area contributed by atoms with Gasteiger partial charge in [0.15, 0.2) is 0 Å². The number of nitrogens with one attached hydrogen (secondary N) is 1. The summed E-state index contributed by atoms with van der Waals surface area (Å²) in [7, 11) is 0. The largest absolute Gasteiger partial charge is 0.327 e. The Kier molecular flexibility index (Phi) is 5.10. The SMILES string of the molecule is CC(C)(C)C(N)CC(=O)Nc1ccc(Br)cc1C#N. The predicted molar refractivity (Wildman–Crippen MR) is 79.5 cm³/mol. The van der Waals surface area contributed by atoms with Gasteiger partial charge in [-0.05, 0) is 23.6 Å². The molecule has 0 radical (unpaired) electrons. The van der Waals surface area contributed by atoms with Gasteiger partial charge in [0.05, 0.1) is 11.3 Å². The van der Waals surface area contributed by atoms with Crippen molar-refractivity contribution in [1.29, 1.82) is 5.26 Å². The van der Waals surface area contributed by atoms with Gasteiger partial charge in [0.25, 0.3) is 0 Å². The molecule has 0 saturated carbocycles. The Bertz CT molecular complexity index is 514. The summed E-state index contributed by atoms with van der Waals surface area (Å²) in [4.78, 5) is 11.9. The van der Waals surface area contributed by atoms with Crippen molar-refractivity contribution in [2.75, 3.05) is 5.32 Å². The number of halogens is 1. The van der Waals surface area contributed by atoms with E-state index < -0.39 is 0 Å². The third-order valence-electron chi connectivity index (χ3n) is 2.89. The molecule has 5 heteroatoms. The van der Waals surface area contributed by atoms with E-state index in [2.05, 4.69) is 21.2 Å². The zero-order chi connectivity index (χ0) is 14.6. The minimum absolute atomic E-state index is 0.130. The summed E-state index contributed by atoms with van der Waals surface area (Å²) in [5.41, 5.74) is 6.77. The molecule has 1 atom stereocenters. The molecule has 0 aromatic heterocycles. The van der Waals surface area contributed by atoms with Gasteiger partial charge in [0.2, 0.25) is 5.91 Å². The molecule has 0 heterocycles. The van der Waals surface area contributed by atoms with Crippen LogP contribution in [0.2, 0.25) is 0 Å². The standard InChI is InChI=1S/C14H18BrN3O/c1-14(2,3)12(17)7-13(19)18-11-5-4-10(15)6-9(11)8-16/h4-6,12H,7,17H2,1-3H3,(H,18,19). The Hall–Kier alpha value is -1.38. The molecule has 1 aromatic carbocycles. The van der Waals surface area contributed by atoms with E-state index in [1.54, 1.807) is 18.2 Å². The van der Waals surface area contributed by atoms with E-state index >= 15 is 0 Å². The third kappa shape index (κ3) is 4.66. The highest BCUT2D eigenvalue weighted by molar-refractivity contribution is 9.10. The Morgan fingerprint density at radius 2 is 2.16 bits per heavy atom. The second kappa shape index (κ2) is 6.18. The number of amides is 1. The van der Waals surface area contributed by atoms with Crippen molar-refractivity contribution >= 4 is 27.5 Å². The number of carbonyl (C=O) groups is 1. The van der Waals surface area contributed by atoms with Crippen molar-refractivity contribution in [3.63, 3.8) is 0 Å². The van der Waals surface area contributed by atoms with Crippen LogP contribution in [0, 0.1) is 16.7 Å². The Morgan fingerprint density at radius 1 is 1.53 bits per heavy atom. The van der Waals surface area contributed by atoms with Crippen molar-refractivity contribution in [3.8, 4) is 6.07 Å². The summed E-state index contributed by atoms with van der Waals surface area (Å²) in [5, 5.41) is 11.7. The molecule has 1 aromatic rings. The normalized spacial score (nSPS) is 12.6. The van der Waals surface area contributed by atoms with Crippen molar-refractivity contribution in [2.45, 2.75) is 33.2 Å². The van der Waals surface area contributed by atoms with Gasteiger partial charge in [-0.2, -0.15) is 5.26 Å². The van der Waals surface area contributed by atoms with Crippen LogP contribution in [0.25, 0.3) is 0 Å². The molecule has 0 bridgehead atoms. The quantitative estimate of drug-likeness (QED) is 0.897. The summed E-state index contributed by atoms with van der Waals surface area (Å²) in [5.74, 6) is -0.179. The fourth-order valence-electron chi connectivity index (χ4n) is 1.43. The molecule has 0 saturated heterocycles. The lowest BCUT2D eigenvalue weighted by Gasteiger charge is -2.26. The number of hydrogen-bond donors (Lipinski definition) is 2. The van der Waals surface area contributed by atoms with E-state index in [1.165, 1.54) is 0 Å². The van der Waals surface area contributed by atoms with E-state index in [4.69, 9.17) is 11.0 Å². The molecule has 0 aliphatic heterocycles. The van der Waals surface area contributed by atoms with Crippen LogP contribution in [0.4, 0.5) is 5.69 Å². The average molecular weight is 324 g/mol. The van der Waals surface area contributed by atoms with Gasteiger partial charge in [-0.15, -0.1) is 0 Å². The number of carbonyl (C=O) groups excluding carboxylic acids is 1. The second-order valence-electron chi connectivity index (χ2n) is 5.53. The molecule has 4 nitrogen and oxygen atoms in total. The van der Waals surface area contributed by atoms with Crippen LogP contribution >= 0.6 is 15.9 Å². The van der Waals surface area contributed by atoms with Crippen LogP contribution in [0.15, 0.2) is 22.7 Å². The number of benzene rings is 1. The second-order valence-corrected chi connectivity index (χ2v) is 6.44. The highest BCUT2D eigenvalue weighted by Crippen LogP contribution is 2.22. The lowest BCUT2D eigenvalue weighted by atomic mass is 9.85. The number of nitriles is 1. The molecular formula is C14H18BrN3O. The summed E-state index contributed by atoms with van der Waals surface area (Å²) in [6, 6.07) is 6.96. The van der Waals surface area contributed by atoms with Gasteiger partial charge in [-0.25, -0.2) is 0 Å². The van der Waals surface area contributed by atoms with Gasteiger partial charge in [0, 0.05) is 16.9 Å². The number of nitrogens with zero attached hydrogens (tertiary/aromatic N) is 1. The van der Waals surface area contributed by atoms with Crippen molar-refractivity contribution in [2.24, 2.45) is 11.1 Å². The predicted octanol–water partition coefficient (Wildman–Crippen LogP) is 3.02. The zero-order valence-corrected chi connectivity index (χ0v) is 12.9. The summed E-state index contributed by atoms with van der Waals surface area (Å²) >= 11 is 3.29. The first-order chi connectivity index (χ1) is 8.74. The van der Waals surface area contributed by atoms with Crippen molar-refractivity contribution < 1.29 is 4.79 Å². The van der Waals surface area contributed by atoms with Crippen LogP contribution < -0.4 is 11.1 Å². The topological polar surface area (TPSA) is 78.9 Å². The lowest BCUT2D eigenvalue weighted by Crippen LogP contribution is -2.38. The molecule has 3 N–H and O–H groups in total. The van der Waals surface area contributed by atoms with Gasteiger partial charge in [-0.3, -0.25) is 4.79 Å². The van der Waals surface area contributed by atoms with Crippen LogP contribution in [0.1, 0.15) is 32.8 Å². The van der Waals surface area contributed by atoms with Gasteiger partial charge in [0.1, 0.15) is 6.07 Å². The zero-order valence-electron chi connectivity index (χ0n) is 11.3. The number of nitrogens with two attached hydrogens (primary N) is 1. The van der Waals surface area contributed by atoms with Crippen molar-refractivity contribution in [1.82, 2.24) is 0 Å². The minimum Gasteiger partial charge on any atom is -0.327 e. The maximum atomic E-state index is 11.9. The molecule has 0 aliphatic carbocycles. The number of rotatable bonds is 3. The van der Waals surface area contributed by atoms with E-state index in [-0.39, 0.29) is 23.8 Å². The van der Waals surface area contributed by atoms with Crippen LogP contribution in [-0.2, 0) is 4.79 Å². The molecule has 1 unspecified atom stereocenters. The van der Waals surface area contributed by atoms with E-state index in [1.807, 2.05) is 26.8 Å². The van der Waals surface area contributed by atoms with E-state index in [0.717, 1.165) is 4.47 Å². The molecule has 19 heavy (non-hydrogen) atoms. The Morgan fingerprint density at radius 3 is 2.68 bits per heavy atom. The highest BCUT2D eigenvalue weighted by Gasteiger charge is 2.23. The lowest BCUT2D eigenvalue weighted by molar-refractivity contribution is -0.117. The minimum atomic E-state index is -0.228. The third-order valence-corrected chi connectivity index (χ3v) is 3.39. The smallest absolute Gasteiger partial charge is 0.225 e. The molecule has 0 fully saturated rings. The Balaban J connectivity index is 2.76. The highest BCUT2D eigenvalue weighted by atomic mass is 79.9. The maximum absolute atomic E-state index is 11.9. The first-order valence-electron chi connectivity index (χ1n) is 5.99. The Labute approximate surface area is 122 Å². The first-order valence-corrected chi connectivity index (χ1v) is 6.78. The fraction of sp³-hybridized carbons (Fsp3) is 0.429. The molecule has 0 aliphatic rings. The van der Waals surface area contributed by atoms with E-state index in [0.29, 0.717) is 11.3 Å². The van der Waals surface area contributed by atoms with Gasteiger partial charge >= 0.3 is 0 Å².